The van der Waals surface area contributed by atoms with E-state index in [1.54, 1.807) is 0 Å². The predicted octanol–water partition coefficient (Wildman–Crippen LogP) is 1.48. The second-order valence-corrected chi connectivity index (χ2v) is 4.13. The molecule has 5 heteroatoms. The normalized spacial score (nSPS) is 30.6. The number of halogens is 3. The van der Waals surface area contributed by atoms with E-state index in [1.807, 2.05) is 14.0 Å². The molecule has 0 saturated carbocycles. The standard InChI is InChI=1S/C9H17F3N2/c1-7-5-14(2)4-3-8(7)13-6-9(10,11)12/h7-8,13H,3-6H2,1-2H3. The van der Waals surface area contributed by atoms with Crippen LogP contribution in [0, 0.1) is 5.92 Å². The lowest BCUT2D eigenvalue weighted by molar-refractivity contribution is -0.127. The van der Waals surface area contributed by atoms with Crippen molar-refractivity contribution in [2.24, 2.45) is 5.92 Å². The topological polar surface area (TPSA) is 15.3 Å². The molecule has 1 N–H and O–H groups in total. The molecule has 0 aromatic heterocycles. The lowest BCUT2D eigenvalue weighted by Gasteiger charge is -2.35. The van der Waals surface area contributed by atoms with Crippen molar-refractivity contribution < 1.29 is 13.2 Å². The molecular formula is C9H17F3N2. The van der Waals surface area contributed by atoms with E-state index < -0.39 is 12.7 Å². The molecule has 0 amide bonds. The lowest BCUT2D eigenvalue weighted by atomic mass is 9.94. The predicted molar refractivity (Wildman–Crippen MR) is 49.1 cm³/mol. The van der Waals surface area contributed by atoms with Gasteiger partial charge in [0.1, 0.15) is 0 Å². The molecule has 2 unspecified atom stereocenters. The molecule has 0 aliphatic carbocycles. The zero-order chi connectivity index (χ0) is 10.8. The van der Waals surface area contributed by atoms with E-state index in [2.05, 4.69) is 10.2 Å². The highest BCUT2D eigenvalue weighted by Crippen LogP contribution is 2.18. The Labute approximate surface area is 82.5 Å². The third-order valence-electron chi connectivity index (χ3n) is 2.67. The highest BCUT2D eigenvalue weighted by molar-refractivity contribution is 4.82. The lowest BCUT2D eigenvalue weighted by Crippen LogP contribution is -2.49. The van der Waals surface area contributed by atoms with Crippen molar-refractivity contribution in [3.05, 3.63) is 0 Å². The third kappa shape index (κ3) is 3.84. The van der Waals surface area contributed by atoms with E-state index in [9.17, 15) is 13.2 Å². The Kier molecular flexibility index (Phi) is 3.78. The number of nitrogens with one attached hydrogen (secondary N) is 1. The SMILES string of the molecule is CC1CN(C)CCC1NCC(F)(F)F. The van der Waals surface area contributed by atoms with Crippen LogP contribution in [0.5, 0.6) is 0 Å². The molecular weight excluding hydrogens is 193 g/mol. The first-order valence-electron chi connectivity index (χ1n) is 4.87. The van der Waals surface area contributed by atoms with Gasteiger partial charge in [0.2, 0.25) is 0 Å². The van der Waals surface area contributed by atoms with Crippen LogP contribution in [0.25, 0.3) is 0 Å². The number of alkyl halides is 3. The van der Waals surface area contributed by atoms with Gasteiger partial charge in [-0.05, 0) is 25.9 Å². The summed E-state index contributed by atoms with van der Waals surface area (Å²) in [6.45, 7) is 2.87. The molecule has 2 atom stereocenters. The van der Waals surface area contributed by atoms with Gasteiger partial charge in [0.25, 0.3) is 0 Å². The number of rotatable bonds is 2. The van der Waals surface area contributed by atoms with Crippen molar-refractivity contribution in [1.82, 2.24) is 10.2 Å². The van der Waals surface area contributed by atoms with Gasteiger partial charge in [-0.2, -0.15) is 13.2 Å². The third-order valence-corrected chi connectivity index (χ3v) is 2.67. The van der Waals surface area contributed by atoms with E-state index in [-0.39, 0.29) is 12.0 Å². The van der Waals surface area contributed by atoms with Crippen LogP contribution in [0.1, 0.15) is 13.3 Å². The number of likely N-dealkylation sites (tertiary alicyclic amines) is 1. The van der Waals surface area contributed by atoms with Gasteiger partial charge < -0.3 is 10.2 Å². The monoisotopic (exact) mass is 210 g/mol. The number of hydrogen-bond acceptors (Lipinski definition) is 2. The average Bonchev–Trinajstić information content (AvgIpc) is 2.00. The fourth-order valence-electron chi connectivity index (χ4n) is 1.90. The van der Waals surface area contributed by atoms with Crippen LogP contribution in [0.15, 0.2) is 0 Å². The Bertz CT molecular complexity index is 181. The molecule has 0 aromatic carbocycles. The highest BCUT2D eigenvalue weighted by atomic mass is 19.4. The second kappa shape index (κ2) is 4.49. The first kappa shape index (κ1) is 11.8. The number of piperidine rings is 1. The number of hydrogen-bond donors (Lipinski definition) is 1. The van der Waals surface area contributed by atoms with Crippen LogP contribution in [-0.2, 0) is 0 Å². The minimum absolute atomic E-state index is 0.00725. The minimum Gasteiger partial charge on any atom is -0.306 e. The van der Waals surface area contributed by atoms with E-state index in [4.69, 9.17) is 0 Å². The zero-order valence-corrected chi connectivity index (χ0v) is 8.56. The summed E-state index contributed by atoms with van der Waals surface area (Å²) in [5.41, 5.74) is 0. The van der Waals surface area contributed by atoms with Crippen LogP contribution in [0.4, 0.5) is 13.2 Å². The van der Waals surface area contributed by atoms with Crippen molar-refractivity contribution in [1.29, 1.82) is 0 Å². The Hall–Kier alpha value is -0.290. The molecule has 1 aliphatic heterocycles. The fourth-order valence-corrected chi connectivity index (χ4v) is 1.90. The smallest absolute Gasteiger partial charge is 0.306 e. The van der Waals surface area contributed by atoms with Crippen LogP contribution in [0.2, 0.25) is 0 Å². The van der Waals surface area contributed by atoms with E-state index >= 15 is 0 Å². The van der Waals surface area contributed by atoms with Crippen LogP contribution < -0.4 is 5.32 Å². The van der Waals surface area contributed by atoms with Gasteiger partial charge in [-0.1, -0.05) is 6.92 Å². The Morgan fingerprint density at radius 2 is 2.07 bits per heavy atom. The highest BCUT2D eigenvalue weighted by Gasteiger charge is 2.31. The number of nitrogens with zero attached hydrogens (tertiary/aromatic N) is 1. The van der Waals surface area contributed by atoms with Crippen molar-refractivity contribution in [2.45, 2.75) is 25.6 Å². The van der Waals surface area contributed by atoms with Gasteiger partial charge in [0.15, 0.2) is 0 Å². The molecule has 1 heterocycles. The Morgan fingerprint density at radius 1 is 1.43 bits per heavy atom. The molecule has 1 saturated heterocycles. The van der Waals surface area contributed by atoms with Gasteiger partial charge in [-0.15, -0.1) is 0 Å². The largest absolute Gasteiger partial charge is 0.401 e. The van der Waals surface area contributed by atoms with E-state index in [1.165, 1.54) is 0 Å². The van der Waals surface area contributed by atoms with E-state index in [0.29, 0.717) is 0 Å². The van der Waals surface area contributed by atoms with Gasteiger partial charge in [-0.3, -0.25) is 0 Å². The summed E-state index contributed by atoms with van der Waals surface area (Å²) in [5.74, 6) is 0.288. The Balaban J connectivity index is 2.31. The fraction of sp³-hybridized carbons (Fsp3) is 1.00. The van der Waals surface area contributed by atoms with Gasteiger partial charge in [-0.25, -0.2) is 0 Å². The summed E-state index contributed by atoms with van der Waals surface area (Å²) in [6.07, 6.45) is -3.29. The molecule has 0 radical (unpaired) electrons. The molecule has 84 valence electrons. The first-order chi connectivity index (χ1) is 6.38. The quantitative estimate of drug-likeness (QED) is 0.742. The average molecular weight is 210 g/mol. The van der Waals surface area contributed by atoms with E-state index in [0.717, 1.165) is 19.5 Å². The molecule has 0 aromatic rings. The summed E-state index contributed by atoms with van der Waals surface area (Å²) < 4.78 is 35.8. The van der Waals surface area contributed by atoms with Gasteiger partial charge in [0.05, 0.1) is 6.54 Å². The minimum atomic E-state index is -4.09. The Morgan fingerprint density at radius 3 is 2.57 bits per heavy atom. The van der Waals surface area contributed by atoms with Crippen LogP contribution in [-0.4, -0.2) is 43.8 Å². The maximum Gasteiger partial charge on any atom is 0.401 e. The maximum absolute atomic E-state index is 11.9. The molecule has 0 spiro atoms. The molecule has 1 rings (SSSR count). The van der Waals surface area contributed by atoms with Crippen molar-refractivity contribution in [3.8, 4) is 0 Å². The van der Waals surface area contributed by atoms with Crippen molar-refractivity contribution in [3.63, 3.8) is 0 Å². The first-order valence-corrected chi connectivity index (χ1v) is 4.87. The summed E-state index contributed by atoms with van der Waals surface area (Å²) in [7, 11) is 2.00. The molecule has 1 fully saturated rings. The molecule has 1 aliphatic rings. The van der Waals surface area contributed by atoms with Crippen LogP contribution >= 0.6 is 0 Å². The summed E-state index contributed by atoms with van der Waals surface area (Å²) in [5, 5.41) is 2.58. The summed E-state index contributed by atoms with van der Waals surface area (Å²) >= 11 is 0. The van der Waals surface area contributed by atoms with Gasteiger partial charge in [0, 0.05) is 12.6 Å². The van der Waals surface area contributed by atoms with Crippen molar-refractivity contribution >= 4 is 0 Å². The molecule has 14 heavy (non-hydrogen) atoms. The van der Waals surface area contributed by atoms with Crippen LogP contribution in [0.3, 0.4) is 0 Å². The molecule has 0 bridgehead atoms. The summed E-state index contributed by atoms with van der Waals surface area (Å²) in [6, 6.07) is 0.00725. The van der Waals surface area contributed by atoms with Crippen molar-refractivity contribution in [2.75, 3.05) is 26.7 Å². The molecule has 2 nitrogen and oxygen atoms in total. The second-order valence-electron chi connectivity index (χ2n) is 4.13. The zero-order valence-electron chi connectivity index (χ0n) is 8.56. The van der Waals surface area contributed by atoms with Gasteiger partial charge >= 0.3 is 6.18 Å². The summed E-state index contributed by atoms with van der Waals surface area (Å²) in [4.78, 5) is 2.15. The maximum atomic E-state index is 11.9.